The highest BCUT2D eigenvalue weighted by molar-refractivity contribution is 5.97. The standard InChI is InChI=1S/C50H46N2O8.15H2/c1-6-8-9-10-11-12-13-14-15-16-17-18-22-33-46(54)51-45(48(56)60-50(3,4)5)35-34-38(53)27-20-19-21-32-44(47(55)58-36-7-2)52-49(57)59-37-43-41-30-25-23-28-39(41)40-29-24-26-31-42(40)43;;;;;;;;;;;;;;;/h7,23-26,28-31,43-45H,2,19-21,27,32,34-37H2,1,3-5H3,(H,51,54)(H,52,57);15*1H/t44-,45+;;;;;;;;;;;;;;;/m1.............../s1. The average molecular weight is 833 g/mol. The number of hydrogen-bond acceptors (Lipinski definition) is 8. The third kappa shape index (κ3) is 17.3. The number of nitrogens with one attached hydrogen (secondary N) is 2. The van der Waals surface area contributed by atoms with E-state index in [1.165, 1.54) is 6.08 Å². The van der Waals surface area contributed by atoms with Crippen LogP contribution in [-0.4, -0.2) is 60.6 Å². The summed E-state index contributed by atoms with van der Waals surface area (Å²) in [6, 6.07) is 13.9. The van der Waals surface area contributed by atoms with Gasteiger partial charge in [0.2, 0.25) is 0 Å². The molecule has 0 aromatic heterocycles. The molecule has 0 heterocycles. The number of esters is 2. The van der Waals surface area contributed by atoms with Gasteiger partial charge in [-0.25, -0.2) is 14.4 Å². The van der Waals surface area contributed by atoms with Crippen LogP contribution in [0, 0.1) is 82.9 Å². The third-order valence-electron chi connectivity index (χ3n) is 8.41. The molecule has 10 heteroatoms. The number of hydrogen-bond donors (Lipinski definition) is 2. The van der Waals surface area contributed by atoms with E-state index in [-0.39, 0.29) is 72.0 Å². The Bertz CT molecular complexity index is 2380. The topological polar surface area (TPSA) is 137 Å². The lowest BCUT2D eigenvalue weighted by atomic mass is 9.98. The predicted octanol–water partition coefficient (Wildman–Crippen LogP) is 9.48. The lowest BCUT2D eigenvalue weighted by molar-refractivity contribution is -0.158. The third-order valence-corrected chi connectivity index (χ3v) is 8.41. The quantitative estimate of drug-likeness (QED) is 0.0529. The van der Waals surface area contributed by atoms with Crippen LogP contribution >= 0.6 is 0 Å². The summed E-state index contributed by atoms with van der Waals surface area (Å²) in [5.41, 5.74) is 3.50. The molecule has 1 aliphatic rings. The van der Waals surface area contributed by atoms with Crippen LogP contribution < -0.4 is 10.6 Å². The van der Waals surface area contributed by atoms with Crippen LogP contribution in [0.5, 0.6) is 0 Å². The van der Waals surface area contributed by atoms with Crippen LogP contribution in [0.4, 0.5) is 4.79 Å². The number of Topliss-reactive ketones (excluding diaryl/α,β-unsaturated/α-hetero) is 1. The van der Waals surface area contributed by atoms with E-state index < -0.39 is 41.6 Å². The zero-order valence-corrected chi connectivity index (χ0v) is 34.3. The highest BCUT2D eigenvalue weighted by atomic mass is 16.6. The van der Waals surface area contributed by atoms with E-state index in [0.29, 0.717) is 19.3 Å². The maximum absolute atomic E-state index is 13.0. The Kier molecular flexibility index (Phi) is 20.0. The van der Waals surface area contributed by atoms with Gasteiger partial charge in [-0.15, -0.1) is 0 Å². The molecule has 60 heavy (non-hydrogen) atoms. The maximum atomic E-state index is 13.0. The molecule has 0 aliphatic heterocycles. The number of fused-ring (bicyclic) bond motifs is 3. The molecule has 0 bridgehead atoms. The second kappa shape index (κ2) is 25.7. The number of ketones is 1. The van der Waals surface area contributed by atoms with Crippen molar-refractivity contribution in [2.45, 2.75) is 96.2 Å². The van der Waals surface area contributed by atoms with Gasteiger partial charge in [-0.05, 0) is 140 Å². The van der Waals surface area contributed by atoms with Crippen molar-refractivity contribution in [2.24, 2.45) is 0 Å². The minimum atomic E-state index is -1.12. The monoisotopic (exact) mass is 833 g/mol. The van der Waals surface area contributed by atoms with Crippen LogP contribution in [0.15, 0.2) is 61.2 Å². The summed E-state index contributed by atoms with van der Waals surface area (Å²) in [6.45, 7) is 10.4. The molecule has 334 valence electrons. The number of unbranched alkanes of at least 4 members (excludes halogenated alkanes) is 2. The molecule has 0 saturated carbocycles. The van der Waals surface area contributed by atoms with E-state index in [2.05, 4.69) is 100 Å². The first-order chi connectivity index (χ1) is 28.9. The molecule has 0 radical (unpaired) electrons. The van der Waals surface area contributed by atoms with Gasteiger partial charge in [-0.3, -0.25) is 9.59 Å². The first kappa shape index (κ1) is 46.8. The van der Waals surface area contributed by atoms with Gasteiger partial charge in [0, 0.05) is 46.1 Å². The van der Waals surface area contributed by atoms with Crippen molar-refractivity contribution in [1.29, 1.82) is 0 Å². The van der Waals surface area contributed by atoms with Crippen LogP contribution in [0.3, 0.4) is 0 Å². The van der Waals surface area contributed by atoms with E-state index >= 15 is 0 Å². The highest BCUT2D eigenvalue weighted by Crippen LogP contribution is 2.44. The van der Waals surface area contributed by atoms with E-state index in [1.54, 1.807) is 27.7 Å². The van der Waals surface area contributed by atoms with Crippen molar-refractivity contribution in [2.75, 3.05) is 13.2 Å². The van der Waals surface area contributed by atoms with Crippen molar-refractivity contribution >= 4 is 29.7 Å². The smallest absolute Gasteiger partial charge is 0.407 e. The van der Waals surface area contributed by atoms with E-state index in [9.17, 15) is 24.0 Å². The van der Waals surface area contributed by atoms with Gasteiger partial charge < -0.3 is 24.8 Å². The second-order valence-electron chi connectivity index (χ2n) is 14.1. The first-order valence-electron chi connectivity index (χ1n) is 19.3. The zero-order valence-electron chi connectivity index (χ0n) is 34.3. The molecule has 2 amide bonds. The molecule has 10 nitrogen and oxygen atoms in total. The number of carbonyl (C=O) groups excluding carboxylic acids is 5. The molecular formula is C50H76N2O8. The Morgan fingerprint density at radius 2 is 1.25 bits per heavy atom. The summed E-state index contributed by atoms with van der Waals surface area (Å²) in [5.74, 6) is 32.2. The lowest BCUT2D eigenvalue weighted by Crippen LogP contribution is -2.44. The molecule has 1 aliphatic carbocycles. The van der Waals surface area contributed by atoms with E-state index in [0.717, 1.165) is 22.3 Å². The van der Waals surface area contributed by atoms with Crippen molar-refractivity contribution in [3.8, 4) is 94.0 Å². The van der Waals surface area contributed by atoms with Gasteiger partial charge in [0.1, 0.15) is 36.7 Å². The molecule has 0 saturated heterocycles. The van der Waals surface area contributed by atoms with Gasteiger partial charge >= 0.3 is 18.0 Å². The summed E-state index contributed by atoms with van der Waals surface area (Å²) in [6.07, 6.45) is 2.73. The average Bonchev–Trinajstić information content (AvgIpc) is 3.54. The molecule has 2 N–H and O–H groups in total. The summed E-state index contributed by atoms with van der Waals surface area (Å²) in [5, 5.41) is 5.16. The summed E-state index contributed by atoms with van der Waals surface area (Å²) in [7, 11) is 0. The summed E-state index contributed by atoms with van der Waals surface area (Å²) < 4.78 is 16.3. The Morgan fingerprint density at radius 3 is 1.82 bits per heavy atom. The molecule has 2 atom stereocenters. The lowest BCUT2D eigenvalue weighted by Gasteiger charge is -2.24. The van der Waals surface area contributed by atoms with Gasteiger partial charge in [0.25, 0.3) is 5.91 Å². The van der Waals surface area contributed by atoms with Crippen molar-refractivity contribution in [3.05, 3.63) is 72.3 Å². The number of benzene rings is 2. The normalized spacial score (nSPS) is 11.2. The van der Waals surface area contributed by atoms with Crippen molar-refractivity contribution in [3.63, 3.8) is 0 Å². The number of alkyl carbamates (subject to hydrolysis) is 1. The van der Waals surface area contributed by atoms with Crippen LogP contribution in [0.1, 0.15) is 111 Å². The number of rotatable bonds is 17. The number of amides is 2. The fraction of sp³-hybridized carbons (Fsp3) is 0.340. The largest absolute Gasteiger partial charge is 0.460 e. The molecule has 3 rings (SSSR count). The van der Waals surface area contributed by atoms with E-state index in [4.69, 9.17) is 14.2 Å². The number of ether oxygens (including phenoxy) is 3. The predicted molar refractivity (Wildman–Crippen MR) is 260 cm³/mol. The van der Waals surface area contributed by atoms with Gasteiger partial charge in [-0.1, -0.05) is 79.9 Å². The fourth-order valence-corrected chi connectivity index (χ4v) is 5.83. The SMILES string of the molecule is C=CCOC(=O)[C@@H](CCCCCC(=O)CC[C@H](NC(=O)C#CC#CC#CC#CC#CC#CC#CC)C(=O)OC(C)(C)C)NC(=O)OCC1c2ccccc2-c2ccccc21.[HH].[HH].[HH].[HH].[HH].[HH].[HH].[HH].[HH].[HH].[HH].[HH].[HH].[HH].[HH]. The van der Waals surface area contributed by atoms with E-state index in [1.807, 2.05) is 48.5 Å². The maximum Gasteiger partial charge on any atom is 0.407 e. The minimum absolute atomic E-state index is 0. The molecule has 2 aromatic rings. The zero-order chi connectivity index (χ0) is 43.6. The van der Waals surface area contributed by atoms with Crippen LogP contribution in [0.25, 0.3) is 11.1 Å². The molecule has 0 unspecified atom stereocenters. The fourth-order valence-electron chi connectivity index (χ4n) is 5.83. The molecule has 0 fully saturated rings. The highest BCUT2D eigenvalue weighted by Gasteiger charge is 2.30. The van der Waals surface area contributed by atoms with Crippen LogP contribution in [0.2, 0.25) is 0 Å². The Labute approximate surface area is 375 Å². The van der Waals surface area contributed by atoms with Crippen molar-refractivity contribution in [1.82, 2.24) is 10.6 Å². The van der Waals surface area contributed by atoms with Crippen LogP contribution in [-0.2, 0) is 33.4 Å². The van der Waals surface area contributed by atoms with Crippen molar-refractivity contribution < 1.29 is 59.6 Å². The molecule has 2 aromatic carbocycles. The molecule has 0 spiro atoms. The second-order valence-corrected chi connectivity index (χ2v) is 14.1. The Hall–Kier alpha value is -7.55. The Morgan fingerprint density at radius 1 is 0.700 bits per heavy atom. The van der Waals surface area contributed by atoms with Gasteiger partial charge in [-0.2, -0.15) is 0 Å². The molecular weight excluding hydrogens is 757 g/mol. The summed E-state index contributed by atoms with van der Waals surface area (Å²) >= 11 is 0. The van der Waals surface area contributed by atoms with Gasteiger partial charge in [0.05, 0.1) is 0 Å². The summed E-state index contributed by atoms with van der Waals surface area (Å²) in [4.78, 5) is 64.1. The minimum Gasteiger partial charge on any atom is -0.460 e. The first-order valence-corrected chi connectivity index (χ1v) is 19.3. The number of carbonyl (C=O) groups is 5. The Balaban J connectivity index is -0.000000233. The van der Waals surface area contributed by atoms with Gasteiger partial charge in [0.15, 0.2) is 0 Å².